The van der Waals surface area contributed by atoms with Gasteiger partial charge in [-0.05, 0) is 37.1 Å². The molecular formula is C13H11NO3. The van der Waals surface area contributed by atoms with Crippen LogP contribution in [0.25, 0.3) is 10.9 Å². The molecule has 4 nitrogen and oxygen atoms in total. The van der Waals surface area contributed by atoms with Gasteiger partial charge in [-0.1, -0.05) is 0 Å². The van der Waals surface area contributed by atoms with E-state index in [0.717, 1.165) is 29.3 Å². The molecule has 0 saturated heterocycles. The van der Waals surface area contributed by atoms with E-state index >= 15 is 0 Å². The summed E-state index contributed by atoms with van der Waals surface area (Å²) in [4.78, 5) is 15.3. The van der Waals surface area contributed by atoms with Crippen LogP contribution in [0, 0.1) is 0 Å². The lowest BCUT2D eigenvalue weighted by Gasteiger charge is -2.16. The third kappa shape index (κ3) is 1.71. The number of aromatic nitrogens is 1. The second-order valence-corrected chi connectivity index (χ2v) is 4.12. The first-order chi connectivity index (χ1) is 8.24. The molecular weight excluding hydrogens is 218 g/mol. The molecule has 0 saturated carbocycles. The highest BCUT2D eigenvalue weighted by molar-refractivity contribution is 5.93. The van der Waals surface area contributed by atoms with Gasteiger partial charge in [0.1, 0.15) is 0 Å². The second-order valence-electron chi connectivity index (χ2n) is 4.12. The molecule has 1 aromatic heterocycles. The highest BCUT2D eigenvalue weighted by Gasteiger charge is 2.13. The van der Waals surface area contributed by atoms with Crippen molar-refractivity contribution in [3.8, 4) is 5.88 Å². The number of carboxylic acids is 1. The van der Waals surface area contributed by atoms with Gasteiger partial charge in [-0.2, -0.15) is 0 Å². The van der Waals surface area contributed by atoms with E-state index in [1.807, 2.05) is 6.07 Å². The Morgan fingerprint density at radius 3 is 3.06 bits per heavy atom. The summed E-state index contributed by atoms with van der Waals surface area (Å²) < 4.78 is 5.48. The number of carboxylic acid groups (broad SMARTS) is 1. The van der Waals surface area contributed by atoms with E-state index in [9.17, 15) is 4.79 Å². The number of ether oxygens (including phenoxy) is 1. The average Bonchev–Trinajstić information content (AvgIpc) is 2.35. The van der Waals surface area contributed by atoms with E-state index in [4.69, 9.17) is 9.84 Å². The van der Waals surface area contributed by atoms with Crippen LogP contribution >= 0.6 is 0 Å². The molecule has 1 aliphatic rings. The van der Waals surface area contributed by atoms with Crippen molar-refractivity contribution in [3.05, 3.63) is 35.4 Å². The number of hydrogen-bond donors (Lipinski definition) is 1. The van der Waals surface area contributed by atoms with Crippen molar-refractivity contribution in [2.75, 3.05) is 6.61 Å². The molecule has 2 aromatic rings. The smallest absolute Gasteiger partial charge is 0.335 e. The zero-order valence-electron chi connectivity index (χ0n) is 9.14. The first-order valence-corrected chi connectivity index (χ1v) is 5.54. The summed E-state index contributed by atoms with van der Waals surface area (Å²) in [6.07, 6.45) is 1.92. The Labute approximate surface area is 97.9 Å². The number of fused-ring (bicyclic) bond motifs is 2. The predicted molar refractivity (Wildman–Crippen MR) is 62.5 cm³/mol. The van der Waals surface area contributed by atoms with Crippen LogP contribution in [0.15, 0.2) is 24.3 Å². The van der Waals surface area contributed by atoms with Gasteiger partial charge in [-0.25, -0.2) is 9.78 Å². The van der Waals surface area contributed by atoms with Crippen molar-refractivity contribution < 1.29 is 14.6 Å². The molecule has 0 atom stereocenters. The number of rotatable bonds is 1. The maximum Gasteiger partial charge on any atom is 0.335 e. The summed E-state index contributed by atoms with van der Waals surface area (Å²) in [6, 6.07) is 6.91. The topological polar surface area (TPSA) is 59.4 Å². The number of aromatic carboxylic acids is 1. The SMILES string of the molecule is O=C(O)c1ccc2nc3c(cc2c1)CCCO3. The molecule has 0 amide bonds. The van der Waals surface area contributed by atoms with Crippen molar-refractivity contribution in [2.24, 2.45) is 0 Å². The Hall–Kier alpha value is -2.10. The zero-order valence-corrected chi connectivity index (χ0v) is 9.14. The summed E-state index contributed by atoms with van der Waals surface area (Å²) >= 11 is 0. The molecule has 0 spiro atoms. The number of benzene rings is 1. The second kappa shape index (κ2) is 3.73. The first kappa shape index (κ1) is 10.1. The standard InChI is InChI=1S/C13H11NO3/c15-13(16)9-3-4-11-10(7-9)6-8-2-1-5-17-12(8)14-11/h3-4,6-7H,1-2,5H2,(H,15,16). The van der Waals surface area contributed by atoms with Crippen molar-refractivity contribution in [2.45, 2.75) is 12.8 Å². The summed E-state index contributed by atoms with van der Waals surface area (Å²) in [6.45, 7) is 0.707. The molecule has 3 rings (SSSR count). The van der Waals surface area contributed by atoms with E-state index in [-0.39, 0.29) is 5.56 Å². The number of carbonyl (C=O) groups is 1. The maximum absolute atomic E-state index is 10.9. The van der Waals surface area contributed by atoms with Crippen LogP contribution in [-0.2, 0) is 6.42 Å². The van der Waals surface area contributed by atoms with Gasteiger partial charge in [0.25, 0.3) is 0 Å². The maximum atomic E-state index is 10.9. The lowest BCUT2D eigenvalue weighted by molar-refractivity contribution is 0.0697. The molecule has 4 heteroatoms. The molecule has 2 heterocycles. The molecule has 1 aliphatic heterocycles. The monoisotopic (exact) mass is 229 g/mol. The van der Waals surface area contributed by atoms with Crippen LogP contribution < -0.4 is 4.74 Å². The molecule has 0 aliphatic carbocycles. The van der Waals surface area contributed by atoms with Crippen molar-refractivity contribution in [3.63, 3.8) is 0 Å². The number of hydrogen-bond acceptors (Lipinski definition) is 3. The Bertz CT molecular complexity index is 607. The number of nitrogens with zero attached hydrogens (tertiary/aromatic N) is 1. The van der Waals surface area contributed by atoms with Gasteiger partial charge in [0.2, 0.25) is 5.88 Å². The highest BCUT2D eigenvalue weighted by atomic mass is 16.5. The molecule has 86 valence electrons. The van der Waals surface area contributed by atoms with E-state index < -0.39 is 5.97 Å². The molecule has 17 heavy (non-hydrogen) atoms. The predicted octanol–water partition coefficient (Wildman–Crippen LogP) is 2.26. The van der Waals surface area contributed by atoms with Gasteiger partial charge in [0, 0.05) is 10.9 Å². The molecule has 1 N–H and O–H groups in total. The summed E-state index contributed by atoms with van der Waals surface area (Å²) in [7, 11) is 0. The van der Waals surface area contributed by atoms with Crippen LogP contribution in [0.1, 0.15) is 22.3 Å². The fraction of sp³-hybridized carbons (Fsp3) is 0.231. The first-order valence-electron chi connectivity index (χ1n) is 5.54. The van der Waals surface area contributed by atoms with E-state index in [1.54, 1.807) is 18.2 Å². The summed E-state index contributed by atoms with van der Waals surface area (Å²) in [5, 5.41) is 9.79. The summed E-state index contributed by atoms with van der Waals surface area (Å²) in [5.74, 6) is -0.229. The van der Waals surface area contributed by atoms with Crippen molar-refractivity contribution in [1.82, 2.24) is 4.98 Å². The Morgan fingerprint density at radius 2 is 2.24 bits per heavy atom. The summed E-state index contributed by atoms with van der Waals surface area (Å²) in [5.41, 5.74) is 2.12. The highest BCUT2D eigenvalue weighted by Crippen LogP contribution is 2.27. The normalized spacial score (nSPS) is 14.1. The van der Waals surface area contributed by atoms with Crippen molar-refractivity contribution in [1.29, 1.82) is 0 Å². The largest absolute Gasteiger partial charge is 0.478 e. The van der Waals surface area contributed by atoms with Crippen LogP contribution in [0.2, 0.25) is 0 Å². The van der Waals surface area contributed by atoms with Gasteiger partial charge < -0.3 is 9.84 Å². The lowest BCUT2D eigenvalue weighted by atomic mass is 10.1. The fourth-order valence-corrected chi connectivity index (χ4v) is 2.07. The minimum Gasteiger partial charge on any atom is -0.478 e. The molecule has 0 bridgehead atoms. The Balaban J connectivity index is 2.20. The van der Waals surface area contributed by atoms with Gasteiger partial charge in [-0.3, -0.25) is 0 Å². The lowest BCUT2D eigenvalue weighted by Crippen LogP contribution is -2.10. The molecule has 0 unspecified atom stereocenters. The Morgan fingerprint density at radius 1 is 1.35 bits per heavy atom. The zero-order chi connectivity index (χ0) is 11.8. The van der Waals surface area contributed by atoms with Crippen LogP contribution in [-0.4, -0.2) is 22.7 Å². The quantitative estimate of drug-likeness (QED) is 0.814. The minimum atomic E-state index is -0.916. The number of aryl methyl sites for hydroxylation is 1. The minimum absolute atomic E-state index is 0.288. The third-order valence-electron chi connectivity index (χ3n) is 2.93. The Kier molecular flexibility index (Phi) is 2.21. The van der Waals surface area contributed by atoms with E-state index in [1.165, 1.54) is 0 Å². The van der Waals surface area contributed by atoms with Crippen LogP contribution in [0.3, 0.4) is 0 Å². The van der Waals surface area contributed by atoms with Crippen LogP contribution in [0.4, 0.5) is 0 Å². The van der Waals surface area contributed by atoms with Gasteiger partial charge >= 0.3 is 5.97 Å². The molecule has 0 radical (unpaired) electrons. The fourth-order valence-electron chi connectivity index (χ4n) is 2.07. The molecule has 0 fully saturated rings. The average molecular weight is 229 g/mol. The van der Waals surface area contributed by atoms with Gasteiger partial charge in [0.15, 0.2) is 0 Å². The number of pyridine rings is 1. The van der Waals surface area contributed by atoms with E-state index in [2.05, 4.69) is 4.98 Å². The molecule has 1 aromatic carbocycles. The van der Waals surface area contributed by atoms with E-state index in [0.29, 0.717) is 12.5 Å². The van der Waals surface area contributed by atoms with Crippen LogP contribution in [0.5, 0.6) is 5.88 Å². The van der Waals surface area contributed by atoms with Crippen molar-refractivity contribution >= 4 is 16.9 Å². The third-order valence-corrected chi connectivity index (χ3v) is 2.93. The van der Waals surface area contributed by atoms with Gasteiger partial charge in [0.05, 0.1) is 17.7 Å². The van der Waals surface area contributed by atoms with Gasteiger partial charge in [-0.15, -0.1) is 0 Å².